The van der Waals surface area contributed by atoms with E-state index in [1.165, 1.54) is 16.5 Å². The van der Waals surface area contributed by atoms with Gasteiger partial charge in [0.2, 0.25) is 0 Å². The molecule has 1 aromatic heterocycles. The number of rotatable bonds is 3. The Morgan fingerprint density at radius 2 is 2.50 bits per heavy atom. The molecule has 2 rings (SSSR count). The minimum atomic E-state index is 0.458. The molecule has 2 N–H and O–H groups in total. The highest BCUT2D eigenvalue weighted by atomic mass is 32.2. The van der Waals surface area contributed by atoms with Crippen LogP contribution in [-0.2, 0) is 4.74 Å². The molecule has 1 aliphatic rings. The Hall–Kier alpha value is -0.460. The number of morpholine rings is 1. The molecule has 0 saturated carbocycles. The second-order valence-electron chi connectivity index (χ2n) is 3.74. The van der Waals surface area contributed by atoms with Crippen LogP contribution in [-0.4, -0.2) is 36.4 Å². The monoisotopic (exact) mass is 259 g/mol. The molecule has 0 aromatic carbocycles. The molecule has 2 heterocycles. The average molecular weight is 259 g/mol. The lowest BCUT2D eigenvalue weighted by Crippen LogP contribution is -2.45. The highest BCUT2D eigenvalue weighted by molar-refractivity contribution is 7.99. The van der Waals surface area contributed by atoms with Crippen LogP contribution in [0, 0.1) is 0 Å². The van der Waals surface area contributed by atoms with E-state index >= 15 is 0 Å². The molecule has 1 fully saturated rings. The Bertz CT molecular complexity index is 356. The van der Waals surface area contributed by atoms with Gasteiger partial charge in [-0.1, -0.05) is 6.92 Å². The molecule has 1 aliphatic heterocycles. The zero-order valence-electron chi connectivity index (χ0n) is 9.60. The summed E-state index contributed by atoms with van der Waals surface area (Å²) < 4.78 is 9.76. The molecule has 16 heavy (non-hydrogen) atoms. The van der Waals surface area contributed by atoms with E-state index in [4.69, 9.17) is 10.5 Å². The van der Waals surface area contributed by atoms with Crippen LogP contribution in [0.2, 0.25) is 0 Å². The van der Waals surface area contributed by atoms with Gasteiger partial charge in [0, 0.05) is 6.54 Å². The standard InChI is InChI=1S/C10H17N3OS2/c1-3-7-6-14-5-4-13(7)10-8(15-2)9(11)12-16-10/h7H,3-6H2,1-2H3,(H2,11,12). The second-order valence-corrected chi connectivity index (χ2v) is 5.30. The zero-order chi connectivity index (χ0) is 11.5. The van der Waals surface area contributed by atoms with Crippen LogP contribution in [0.5, 0.6) is 0 Å². The van der Waals surface area contributed by atoms with Gasteiger partial charge >= 0.3 is 0 Å². The normalized spacial score (nSPS) is 21.4. The van der Waals surface area contributed by atoms with Crippen LogP contribution in [0.25, 0.3) is 0 Å². The zero-order valence-corrected chi connectivity index (χ0v) is 11.2. The number of hydrogen-bond acceptors (Lipinski definition) is 6. The lowest BCUT2D eigenvalue weighted by atomic mass is 10.2. The first-order valence-electron chi connectivity index (χ1n) is 5.41. The Labute approximate surface area is 104 Å². The maximum atomic E-state index is 5.87. The number of aromatic nitrogens is 1. The van der Waals surface area contributed by atoms with Gasteiger partial charge in [-0.2, -0.15) is 4.37 Å². The van der Waals surface area contributed by atoms with Crippen molar-refractivity contribution >= 4 is 34.1 Å². The molecule has 0 aliphatic carbocycles. The first-order chi connectivity index (χ1) is 7.77. The van der Waals surface area contributed by atoms with Crippen LogP contribution < -0.4 is 10.6 Å². The quantitative estimate of drug-likeness (QED) is 0.842. The fourth-order valence-corrected chi connectivity index (χ4v) is 3.70. The minimum Gasteiger partial charge on any atom is -0.382 e. The molecule has 90 valence electrons. The third kappa shape index (κ3) is 2.14. The summed E-state index contributed by atoms with van der Waals surface area (Å²) in [7, 11) is 0. The van der Waals surface area contributed by atoms with E-state index in [1.807, 2.05) is 6.26 Å². The molecular formula is C10H17N3OS2. The van der Waals surface area contributed by atoms with E-state index in [9.17, 15) is 0 Å². The smallest absolute Gasteiger partial charge is 0.153 e. The van der Waals surface area contributed by atoms with E-state index in [2.05, 4.69) is 16.2 Å². The third-order valence-electron chi connectivity index (χ3n) is 2.82. The van der Waals surface area contributed by atoms with Crippen molar-refractivity contribution in [1.29, 1.82) is 0 Å². The van der Waals surface area contributed by atoms with Crippen molar-refractivity contribution in [3.8, 4) is 0 Å². The fraction of sp³-hybridized carbons (Fsp3) is 0.700. The van der Waals surface area contributed by atoms with Gasteiger partial charge in [0.05, 0.1) is 24.2 Å². The summed E-state index contributed by atoms with van der Waals surface area (Å²) in [6.07, 6.45) is 3.14. The predicted octanol–water partition coefficient (Wildman–Crippen LogP) is 2.06. The largest absolute Gasteiger partial charge is 0.382 e. The average Bonchev–Trinajstić information content (AvgIpc) is 2.70. The molecule has 1 unspecified atom stereocenters. The first kappa shape index (κ1) is 12.0. The first-order valence-corrected chi connectivity index (χ1v) is 7.41. The van der Waals surface area contributed by atoms with Gasteiger partial charge in [0.25, 0.3) is 0 Å². The molecule has 0 radical (unpaired) electrons. The van der Waals surface area contributed by atoms with Crippen LogP contribution in [0.15, 0.2) is 4.90 Å². The van der Waals surface area contributed by atoms with Gasteiger partial charge in [-0.05, 0) is 24.2 Å². The predicted molar refractivity (Wildman–Crippen MR) is 70.6 cm³/mol. The van der Waals surface area contributed by atoms with Crippen LogP contribution >= 0.6 is 23.3 Å². The van der Waals surface area contributed by atoms with Gasteiger partial charge < -0.3 is 15.4 Å². The maximum Gasteiger partial charge on any atom is 0.153 e. The summed E-state index contributed by atoms with van der Waals surface area (Å²) in [5, 5.41) is 1.21. The number of thioether (sulfide) groups is 1. The summed E-state index contributed by atoms with van der Waals surface area (Å²) in [4.78, 5) is 3.51. The number of nitrogens with two attached hydrogens (primary N) is 1. The third-order valence-corrected chi connectivity index (χ3v) is 4.66. The van der Waals surface area contributed by atoms with Crippen LogP contribution in [0.1, 0.15) is 13.3 Å². The minimum absolute atomic E-state index is 0.458. The molecule has 0 amide bonds. The molecule has 6 heteroatoms. The summed E-state index contributed by atoms with van der Waals surface area (Å²) in [5.41, 5.74) is 5.87. The summed E-state index contributed by atoms with van der Waals surface area (Å²) in [5.74, 6) is 0.661. The fourth-order valence-electron chi connectivity index (χ4n) is 1.92. The van der Waals surface area contributed by atoms with E-state index in [0.717, 1.165) is 31.1 Å². The Morgan fingerprint density at radius 3 is 3.19 bits per heavy atom. The van der Waals surface area contributed by atoms with E-state index in [1.54, 1.807) is 11.8 Å². The van der Waals surface area contributed by atoms with Crippen LogP contribution in [0.4, 0.5) is 10.8 Å². The van der Waals surface area contributed by atoms with E-state index in [0.29, 0.717) is 11.9 Å². The summed E-state index contributed by atoms with van der Waals surface area (Å²) >= 11 is 3.18. The number of hydrogen-bond donors (Lipinski definition) is 1. The van der Waals surface area contributed by atoms with Gasteiger partial charge in [0.1, 0.15) is 5.00 Å². The van der Waals surface area contributed by atoms with Gasteiger partial charge in [-0.15, -0.1) is 11.8 Å². The molecule has 1 saturated heterocycles. The summed E-state index contributed by atoms with van der Waals surface area (Å²) in [6.45, 7) is 4.73. The Morgan fingerprint density at radius 1 is 1.69 bits per heavy atom. The van der Waals surface area contributed by atoms with Crippen molar-refractivity contribution in [1.82, 2.24) is 4.37 Å². The van der Waals surface area contributed by atoms with Crippen LogP contribution in [0.3, 0.4) is 0 Å². The highest BCUT2D eigenvalue weighted by Crippen LogP contribution is 2.39. The van der Waals surface area contributed by atoms with Gasteiger partial charge in [-0.3, -0.25) is 0 Å². The molecule has 1 aromatic rings. The highest BCUT2D eigenvalue weighted by Gasteiger charge is 2.26. The van der Waals surface area contributed by atoms with Crippen molar-refractivity contribution in [3.05, 3.63) is 0 Å². The SMILES string of the molecule is CCC1COCCN1c1snc(N)c1SC. The second kappa shape index (κ2) is 5.25. The van der Waals surface area contributed by atoms with Crippen molar-refractivity contribution < 1.29 is 4.74 Å². The molecule has 0 spiro atoms. The van der Waals surface area contributed by atoms with E-state index in [-0.39, 0.29) is 0 Å². The number of ether oxygens (including phenoxy) is 1. The van der Waals surface area contributed by atoms with Crippen molar-refractivity contribution in [2.45, 2.75) is 24.3 Å². The number of nitrogens with zero attached hydrogens (tertiary/aromatic N) is 2. The number of anilines is 2. The maximum absolute atomic E-state index is 5.87. The lowest BCUT2D eigenvalue weighted by Gasteiger charge is -2.36. The van der Waals surface area contributed by atoms with Gasteiger partial charge in [0.15, 0.2) is 5.82 Å². The molecular weight excluding hydrogens is 242 g/mol. The topological polar surface area (TPSA) is 51.4 Å². The van der Waals surface area contributed by atoms with Gasteiger partial charge in [-0.25, -0.2) is 0 Å². The molecule has 1 atom stereocenters. The Kier molecular flexibility index (Phi) is 3.94. The molecule has 0 bridgehead atoms. The lowest BCUT2D eigenvalue weighted by molar-refractivity contribution is 0.0931. The van der Waals surface area contributed by atoms with E-state index < -0.39 is 0 Å². The Balaban J connectivity index is 2.26. The van der Waals surface area contributed by atoms with Crippen molar-refractivity contribution in [2.24, 2.45) is 0 Å². The molecule has 4 nitrogen and oxygen atoms in total. The van der Waals surface area contributed by atoms with Crippen molar-refractivity contribution in [2.75, 3.05) is 36.6 Å². The summed E-state index contributed by atoms with van der Waals surface area (Å²) in [6, 6.07) is 0.458. The number of nitrogen functional groups attached to an aromatic ring is 1. The van der Waals surface area contributed by atoms with Crippen molar-refractivity contribution in [3.63, 3.8) is 0 Å².